The quantitative estimate of drug-likeness (QED) is 0.155. The Balaban J connectivity index is 0.000000582. The summed E-state index contributed by atoms with van der Waals surface area (Å²) in [7, 11) is 0. The molecule has 6 rings (SSSR count). The maximum Gasteiger partial charge on any atom is 0.490 e. The van der Waals surface area contributed by atoms with E-state index < -0.39 is 23.5 Å². The van der Waals surface area contributed by atoms with E-state index in [0.717, 1.165) is 43.2 Å². The van der Waals surface area contributed by atoms with Gasteiger partial charge in [-0.25, -0.2) is 14.8 Å². The molecule has 1 unspecified atom stereocenters. The van der Waals surface area contributed by atoms with Crippen LogP contribution in [0.2, 0.25) is 0 Å². The van der Waals surface area contributed by atoms with Crippen LogP contribution < -0.4 is 4.74 Å². The van der Waals surface area contributed by atoms with E-state index in [1.807, 2.05) is 97.1 Å². The van der Waals surface area contributed by atoms with Gasteiger partial charge in [0, 0.05) is 28.9 Å². The summed E-state index contributed by atoms with van der Waals surface area (Å²) in [5, 5.41) is 18.6. The van der Waals surface area contributed by atoms with E-state index in [9.17, 15) is 23.1 Å². The highest BCUT2D eigenvalue weighted by Gasteiger charge is 2.38. The van der Waals surface area contributed by atoms with Gasteiger partial charge in [0.2, 0.25) is 0 Å². The summed E-state index contributed by atoms with van der Waals surface area (Å²) >= 11 is 3.51. The maximum atomic E-state index is 12.6. The van der Waals surface area contributed by atoms with Crippen LogP contribution in [0.15, 0.2) is 114 Å². The first-order valence-corrected chi connectivity index (χ1v) is 15.4. The molecule has 4 aromatic carbocycles. The number of nitrogens with zero attached hydrogens (tertiary/aromatic N) is 3. The molecule has 0 aliphatic carbocycles. The van der Waals surface area contributed by atoms with Crippen molar-refractivity contribution in [3.05, 3.63) is 136 Å². The number of aromatic nitrogens is 3. The molecule has 2 N–H and O–H groups in total. The van der Waals surface area contributed by atoms with Gasteiger partial charge in [-0.3, -0.25) is 4.79 Å². The Morgan fingerprint density at radius 1 is 0.812 bits per heavy atom. The monoisotopic (exact) mass is 719 g/mol. The standard InChI is InChI=1S/C34H28BrN3O3.C2HF3O2/c1-34(33(39)40,25-8-3-2-4-9-25)20-32-37-30-19-28(41-22-27-16-13-24-7-5-6-10-29(24)36-27)17-18-31(30)38(32)21-23-11-14-26(35)15-12-23;3-2(4,5)1(6)7/h2-19H,20-22H2,1H3,(H,39,40);(H,6,7). The van der Waals surface area contributed by atoms with Crippen molar-refractivity contribution in [3.8, 4) is 5.75 Å². The Morgan fingerprint density at radius 2 is 1.48 bits per heavy atom. The lowest BCUT2D eigenvalue weighted by molar-refractivity contribution is -0.192. The van der Waals surface area contributed by atoms with Gasteiger partial charge < -0.3 is 19.5 Å². The van der Waals surface area contributed by atoms with Crippen LogP contribution in [0.5, 0.6) is 5.75 Å². The topological polar surface area (TPSA) is 115 Å². The van der Waals surface area contributed by atoms with E-state index in [1.165, 1.54) is 0 Å². The third-order valence-corrected chi connectivity index (χ3v) is 8.26. The molecule has 48 heavy (non-hydrogen) atoms. The third-order valence-electron chi connectivity index (χ3n) is 7.73. The van der Waals surface area contributed by atoms with Gasteiger partial charge in [-0.05, 0) is 54.4 Å². The Kier molecular flexibility index (Phi) is 10.1. The molecule has 2 aromatic heterocycles. The number of hydrogen-bond donors (Lipinski definition) is 2. The van der Waals surface area contributed by atoms with Crippen LogP contribution >= 0.6 is 15.9 Å². The molecular formula is C36H29BrF3N3O5. The van der Waals surface area contributed by atoms with Crippen LogP contribution in [0.25, 0.3) is 21.9 Å². The average Bonchev–Trinajstić information content (AvgIpc) is 3.40. The number of imidazole rings is 1. The van der Waals surface area contributed by atoms with Crippen molar-refractivity contribution in [1.29, 1.82) is 0 Å². The summed E-state index contributed by atoms with van der Waals surface area (Å²) in [5.41, 5.74) is 4.11. The average molecular weight is 721 g/mol. The molecule has 0 amide bonds. The number of hydrogen-bond acceptors (Lipinski definition) is 5. The predicted molar refractivity (Wildman–Crippen MR) is 178 cm³/mol. The van der Waals surface area contributed by atoms with Crippen molar-refractivity contribution < 1.29 is 37.7 Å². The van der Waals surface area contributed by atoms with Crippen molar-refractivity contribution >= 4 is 49.8 Å². The van der Waals surface area contributed by atoms with Crippen LogP contribution in [-0.2, 0) is 34.6 Å². The molecule has 0 aliphatic rings. The lowest BCUT2D eigenvalue weighted by atomic mass is 9.79. The Bertz CT molecular complexity index is 2070. The molecule has 6 aromatic rings. The summed E-state index contributed by atoms with van der Waals surface area (Å²) in [6.45, 7) is 2.65. The molecule has 2 heterocycles. The van der Waals surface area contributed by atoms with Gasteiger partial charge >= 0.3 is 18.1 Å². The molecule has 12 heteroatoms. The highest BCUT2D eigenvalue weighted by Crippen LogP contribution is 2.32. The van der Waals surface area contributed by atoms with Gasteiger partial charge in [0.15, 0.2) is 0 Å². The minimum absolute atomic E-state index is 0.231. The molecule has 246 valence electrons. The Hall–Kier alpha value is -5.23. The van der Waals surface area contributed by atoms with Crippen LogP contribution in [0.4, 0.5) is 13.2 Å². The maximum absolute atomic E-state index is 12.6. The minimum atomic E-state index is -5.08. The fourth-order valence-corrected chi connectivity index (χ4v) is 5.37. The lowest BCUT2D eigenvalue weighted by Crippen LogP contribution is -2.35. The number of ether oxygens (including phenoxy) is 1. The summed E-state index contributed by atoms with van der Waals surface area (Å²) in [5.74, 6) is -2.27. The van der Waals surface area contributed by atoms with E-state index >= 15 is 0 Å². The van der Waals surface area contributed by atoms with E-state index in [0.29, 0.717) is 24.7 Å². The second kappa shape index (κ2) is 14.3. The summed E-state index contributed by atoms with van der Waals surface area (Å²) in [6.07, 6.45) is -4.85. The van der Waals surface area contributed by atoms with Gasteiger partial charge in [0.05, 0.1) is 27.7 Å². The number of carboxylic acids is 2. The van der Waals surface area contributed by atoms with Crippen LogP contribution in [0.3, 0.4) is 0 Å². The number of carbonyl (C=O) groups is 2. The number of halogens is 4. The Morgan fingerprint density at radius 3 is 2.15 bits per heavy atom. The van der Waals surface area contributed by atoms with Gasteiger partial charge in [-0.1, -0.05) is 82.7 Å². The first kappa shape index (κ1) is 34.1. The van der Waals surface area contributed by atoms with Crippen molar-refractivity contribution in [1.82, 2.24) is 14.5 Å². The first-order chi connectivity index (χ1) is 22.8. The fourth-order valence-electron chi connectivity index (χ4n) is 5.10. The van der Waals surface area contributed by atoms with E-state index in [-0.39, 0.29) is 6.42 Å². The van der Waals surface area contributed by atoms with Crippen molar-refractivity contribution in [2.75, 3.05) is 0 Å². The number of aliphatic carboxylic acids is 2. The number of pyridine rings is 1. The predicted octanol–water partition coefficient (Wildman–Crippen LogP) is 8.19. The molecule has 0 spiro atoms. The molecule has 0 bridgehead atoms. The molecule has 1 atom stereocenters. The van der Waals surface area contributed by atoms with Crippen LogP contribution in [0.1, 0.15) is 29.6 Å². The highest BCUT2D eigenvalue weighted by molar-refractivity contribution is 9.10. The molecular weight excluding hydrogens is 691 g/mol. The number of fused-ring (bicyclic) bond motifs is 2. The fraction of sp³-hybridized carbons (Fsp3) is 0.167. The molecule has 0 saturated carbocycles. The summed E-state index contributed by atoms with van der Waals surface area (Å²) in [4.78, 5) is 31.2. The van der Waals surface area contributed by atoms with Crippen LogP contribution in [0, 0.1) is 0 Å². The van der Waals surface area contributed by atoms with Crippen molar-refractivity contribution in [2.45, 2.75) is 38.1 Å². The largest absolute Gasteiger partial charge is 0.490 e. The zero-order valence-corrected chi connectivity index (χ0v) is 27.1. The number of benzene rings is 4. The van der Waals surface area contributed by atoms with Crippen LogP contribution in [-0.4, -0.2) is 42.9 Å². The second-order valence-corrected chi connectivity index (χ2v) is 12.1. The van der Waals surface area contributed by atoms with E-state index in [1.54, 1.807) is 6.92 Å². The summed E-state index contributed by atoms with van der Waals surface area (Å²) in [6, 6.07) is 35.4. The third kappa shape index (κ3) is 8.00. The van der Waals surface area contributed by atoms with Gasteiger partial charge in [0.25, 0.3) is 0 Å². The van der Waals surface area contributed by atoms with Crippen molar-refractivity contribution in [3.63, 3.8) is 0 Å². The Labute approximate surface area is 281 Å². The van der Waals surface area contributed by atoms with E-state index in [2.05, 4.69) is 32.6 Å². The molecule has 0 radical (unpaired) electrons. The lowest BCUT2D eigenvalue weighted by Gasteiger charge is -2.25. The SMILES string of the molecule is CC(Cc1nc2cc(OCc3ccc4ccccc4n3)ccc2n1Cc1ccc(Br)cc1)(C(=O)O)c1ccccc1.O=C(O)C(F)(F)F. The number of alkyl halides is 3. The van der Waals surface area contributed by atoms with Gasteiger partial charge in [-0.2, -0.15) is 13.2 Å². The highest BCUT2D eigenvalue weighted by atomic mass is 79.9. The van der Waals surface area contributed by atoms with Gasteiger partial charge in [-0.15, -0.1) is 0 Å². The zero-order valence-electron chi connectivity index (χ0n) is 25.5. The second-order valence-electron chi connectivity index (χ2n) is 11.2. The van der Waals surface area contributed by atoms with E-state index in [4.69, 9.17) is 24.6 Å². The first-order valence-electron chi connectivity index (χ1n) is 14.6. The normalized spacial score (nSPS) is 12.6. The van der Waals surface area contributed by atoms with Gasteiger partial charge in [0.1, 0.15) is 18.2 Å². The number of carboxylic acid groups (broad SMARTS) is 2. The smallest absolute Gasteiger partial charge is 0.487 e. The number of para-hydroxylation sites is 1. The number of rotatable bonds is 9. The molecule has 0 saturated heterocycles. The summed E-state index contributed by atoms with van der Waals surface area (Å²) < 4.78 is 41.0. The minimum Gasteiger partial charge on any atom is -0.487 e. The van der Waals surface area contributed by atoms with Crippen molar-refractivity contribution in [2.24, 2.45) is 0 Å². The zero-order chi connectivity index (χ0) is 34.5. The molecule has 0 fully saturated rings. The molecule has 0 aliphatic heterocycles. The molecule has 8 nitrogen and oxygen atoms in total.